The van der Waals surface area contributed by atoms with Crippen molar-refractivity contribution in [3.05, 3.63) is 64.7 Å². The smallest absolute Gasteiger partial charge is 0.264 e. The van der Waals surface area contributed by atoms with Gasteiger partial charge in [-0.1, -0.05) is 70.7 Å². The molecule has 0 aliphatic carbocycles. The van der Waals surface area contributed by atoms with E-state index in [2.05, 4.69) is 36.2 Å². The van der Waals surface area contributed by atoms with Gasteiger partial charge < -0.3 is 10.6 Å². The van der Waals surface area contributed by atoms with E-state index in [4.69, 9.17) is 22.2 Å². The van der Waals surface area contributed by atoms with E-state index in [1.807, 2.05) is 48.5 Å². The average Bonchev–Trinajstić information content (AvgIpc) is 3.48. The van der Waals surface area contributed by atoms with Crippen molar-refractivity contribution in [1.29, 1.82) is 0 Å². The molecule has 4 aromatic rings. The summed E-state index contributed by atoms with van der Waals surface area (Å²) in [5, 5.41) is 24.4. The zero-order chi connectivity index (χ0) is 25.3. The summed E-state index contributed by atoms with van der Waals surface area (Å²) in [5.41, 5.74) is 4.63. The number of hydrogen-bond acceptors (Lipinski definition) is 12. The number of nitrogen functional groups attached to an aromatic ring is 1. The van der Waals surface area contributed by atoms with Crippen molar-refractivity contribution in [2.24, 2.45) is 5.10 Å². The molecule has 0 unspecified atom stereocenters. The number of para-hydroxylation sites is 1. The van der Waals surface area contributed by atoms with Gasteiger partial charge in [-0.3, -0.25) is 10.1 Å². The normalized spacial score (nSPS) is 11.1. The van der Waals surface area contributed by atoms with Crippen LogP contribution in [0.2, 0.25) is 5.02 Å². The summed E-state index contributed by atoms with van der Waals surface area (Å²) in [6.45, 7) is 0. The summed E-state index contributed by atoms with van der Waals surface area (Å²) < 4.78 is 7.24. The number of anilines is 2. The number of carbonyl (C=O) groups is 1. The number of nitrogens with zero attached hydrogens (tertiary/aromatic N) is 6. The van der Waals surface area contributed by atoms with Crippen LogP contribution in [0.5, 0.6) is 5.75 Å². The molecule has 2 heterocycles. The van der Waals surface area contributed by atoms with Crippen molar-refractivity contribution in [2.75, 3.05) is 29.4 Å². The molecule has 0 saturated heterocycles. The predicted molar refractivity (Wildman–Crippen MR) is 145 cm³/mol. The third-order valence-corrected chi connectivity index (χ3v) is 7.67. The summed E-state index contributed by atoms with van der Waals surface area (Å²) in [4.78, 5) is 12.4. The van der Waals surface area contributed by atoms with Gasteiger partial charge in [0.1, 0.15) is 5.75 Å². The highest BCUT2D eigenvalue weighted by atomic mass is 35.5. The number of hydrazone groups is 1. The number of nitrogens with one attached hydrogen (secondary N) is 2. The summed E-state index contributed by atoms with van der Waals surface area (Å²) in [5.74, 6) is 7.44. The molecule has 0 saturated carbocycles. The molecule has 2 aromatic carbocycles. The lowest BCUT2D eigenvalue weighted by Gasteiger charge is -2.04. The molecule has 11 nitrogen and oxygen atoms in total. The Morgan fingerprint density at radius 2 is 1.97 bits per heavy atom. The molecule has 0 fully saturated rings. The molecule has 0 atom stereocenters. The molecule has 0 aliphatic heterocycles. The first-order valence-corrected chi connectivity index (χ1v) is 13.4. The van der Waals surface area contributed by atoms with E-state index in [1.54, 1.807) is 13.3 Å². The fourth-order valence-electron chi connectivity index (χ4n) is 2.71. The van der Waals surface area contributed by atoms with E-state index < -0.39 is 0 Å². The van der Waals surface area contributed by atoms with Crippen molar-refractivity contribution in [1.82, 2.24) is 25.1 Å². The molecule has 4 rings (SSSR count). The lowest BCUT2D eigenvalue weighted by atomic mass is 10.2. The molecule has 0 bridgehead atoms. The summed E-state index contributed by atoms with van der Waals surface area (Å²) in [7, 11) is 1.59. The molecule has 186 valence electrons. The Morgan fingerprint density at radius 3 is 2.78 bits per heavy atom. The Labute approximate surface area is 223 Å². The van der Waals surface area contributed by atoms with Crippen LogP contribution in [0.4, 0.5) is 11.1 Å². The quantitative estimate of drug-likeness (QED) is 0.0808. The van der Waals surface area contributed by atoms with Crippen LogP contribution < -0.4 is 21.3 Å². The van der Waals surface area contributed by atoms with Gasteiger partial charge in [0.2, 0.25) is 16.2 Å². The first-order valence-electron chi connectivity index (χ1n) is 10.3. The maximum absolute atomic E-state index is 12.4. The number of methoxy groups -OCH3 is 1. The largest absolute Gasteiger partial charge is 0.496 e. The summed E-state index contributed by atoms with van der Waals surface area (Å²) in [6, 6.07) is 15.0. The van der Waals surface area contributed by atoms with Crippen molar-refractivity contribution in [3.8, 4) is 5.75 Å². The lowest BCUT2D eigenvalue weighted by molar-refractivity contribution is -0.113. The van der Waals surface area contributed by atoms with Crippen LogP contribution in [0.15, 0.2) is 63.1 Å². The molecular weight excluding hydrogens is 542 g/mol. The molecule has 0 aliphatic rings. The minimum absolute atomic E-state index is 0.0621. The van der Waals surface area contributed by atoms with Crippen molar-refractivity contribution < 1.29 is 9.53 Å². The maximum atomic E-state index is 12.4. The first kappa shape index (κ1) is 25.8. The second kappa shape index (κ2) is 12.6. The third kappa shape index (κ3) is 7.10. The average molecular weight is 562 g/mol. The summed E-state index contributed by atoms with van der Waals surface area (Å²) >= 11 is 9.87. The first-order chi connectivity index (χ1) is 17.5. The molecule has 0 spiro atoms. The molecular formula is C21H20ClN9O2S3. The Bertz CT molecular complexity index is 1340. The van der Waals surface area contributed by atoms with Crippen molar-refractivity contribution in [2.45, 2.75) is 15.2 Å². The lowest BCUT2D eigenvalue weighted by Crippen LogP contribution is -2.16. The highest BCUT2D eigenvalue weighted by molar-refractivity contribution is 8.00. The Morgan fingerprint density at radius 1 is 1.17 bits per heavy atom. The highest BCUT2D eigenvalue weighted by Crippen LogP contribution is 2.29. The number of amides is 1. The van der Waals surface area contributed by atoms with Gasteiger partial charge in [-0.25, -0.2) is 10.1 Å². The molecule has 4 N–H and O–H groups in total. The standard InChI is InChI=1S/C21H20ClN9O2S3/c1-33-16-5-3-2-4-14(16)10-24-26-18-27-29-20(31(18)23)34-12-17(32)25-19-28-30-21(36-19)35-11-13-6-8-15(22)9-7-13/h2-10H,11-12,23H2,1H3,(H,26,27)(H,25,28,32)/b24-10+. The predicted octanol–water partition coefficient (Wildman–Crippen LogP) is 3.97. The second-order valence-corrected chi connectivity index (χ2v) is 10.5. The summed E-state index contributed by atoms with van der Waals surface area (Å²) in [6.07, 6.45) is 1.58. The fourth-order valence-corrected chi connectivity index (χ4v) is 5.22. The Balaban J connectivity index is 1.24. The van der Waals surface area contributed by atoms with E-state index in [0.717, 1.165) is 33.0 Å². The highest BCUT2D eigenvalue weighted by Gasteiger charge is 2.14. The van der Waals surface area contributed by atoms with Gasteiger partial charge in [-0.15, -0.1) is 20.4 Å². The number of nitrogens with two attached hydrogens (primary N) is 1. The molecule has 2 aromatic heterocycles. The molecule has 15 heteroatoms. The fraction of sp³-hybridized carbons (Fsp3) is 0.143. The van der Waals surface area contributed by atoms with E-state index in [-0.39, 0.29) is 17.6 Å². The second-order valence-electron chi connectivity index (χ2n) is 6.91. The minimum Gasteiger partial charge on any atom is -0.496 e. The monoisotopic (exact) mass is 561 g/mol. The number of halogens is 1. The minimum atomic E-state index is -0.267. The van der Waals surface area contributed by atoms with Gasteiger partial charge in [0, 0.05) is 16.3 Å². The molecule has 1 amide bonds. The van der Waals surface area contributed by atoms with E-state index >= 15 is 0 Å². The van der Waals surface area contributed by atoms with Crippen molar-refractivity contribution in [3.63, 3.8) is 0 Å². The van der Waals surface area contributed by atoms with Gasteiger partial charge in [0.25, 0.3) is 5.95 Å². The van der Waals surface area contributed by atoms with E-state index in [0.29, 0.717) is 21.1 Å². The van der Waals surface area contributed by atoms with Crippen LogP contribution in [-0.4, -0.2) is 50.1 Å². The number of ether oxygens (including phenoxy) is 1. The topological polar surface area (TPSA) is 145 Å². The number of hydrogen-bond donors (Lipinski definition) is 3. The van der Waals surface area contributed by atoms with Crippen molar-refractivity contribution >= 4 is 69.7 Å². The number of thioether (sulfide) groups is 2. The number of aromatic nitrogens is 5. The van der Waals surface area contributed by atoms with E-state index in [9.17, 15) is 4.79 Å². The van der Waals surface area contributed by atoms with Gasteiger partial charge in [-0.2, -0.15) is 5.10 Å². The van der Waals surface area contributed by atoms with Crippen LogP contribution in [0.25, 0.3) is 0 Å². The third-order valence-electron chi connectivity index (χ3n) is 4.43. The number of carbonyl (C=O) groups excluding carboxylic acids is 1. The van der Waals surface area contributed by atoms with Crippen LogP contribution >= 0.6 is 46.5 Å². The Kier molecular flexibility index (Phi) is 9.00. The van der Waals surface area contributed by atoms with Gasteiger partial charge >= 0.3 is 0 Å². The van der Waals surface area contributed by atoms with Crippen LogP contribution in [0.1, 0.15) is 11.1 Å². The van der Waals surface area contributed by atoms with Gasteiger partial charge in [0.05, 0.1) is 19.1 Å². The zero-order valence-corrected chi connectivity index (χ0v) is 22.0. The van der Waals surface area contributed by atoms with E-state index in [1.165, 1.54) is 27.8 Å². The van der Waals surface area contributed by atoms with Crippen LogP contribution in [0.3, 0.4) is 0 Å². The SMILES string of the molecule is COc1ccccc1/C=N/Nc1nnc(SCC(=O)Nc2nnc(SCc3ccc(Cl)cc3)s2)n1N. The van der Waals surface area contributed by atoms with Gasteiger partial charge in [0.15, 0.2) is 4.34 Å². The maximum Gasteiger partial charge on any atom is 0.264 e. The zero-order valence-electron chi connectivity index (χ0n) is 18.8. The molecule has 36 heavy (non-hydrogen) atoms. The van der Waals surface area contributed by atoms with Crippen LogP contribution in [0, 0.1) is 0 Å². The van der Waals surface area contributed by atoms with Gasteiger partial charge in [-0.05, 0) is 29.8 Å². The van der Waals surface area contributed by atoms with Crippen LogP contribution in [-0.2, 0) is 10.5 Å². The number of benzene rings is 2. The number of rotatable bonds is 11. The molecule has 0 radical (unpaired) electrons. The Hall–Kier alpha value is -3.33.